The molecule has 0 aliphatic rings. The van der Waals surface area contributed by atoms with Gasteiger partial charge in [-0.15, -0.1) is 0 Å². The highest BCUT2D eigenvalue weighted by molar-refractivity contribution is 5.95. The Morgan fingerprint density at radius 1 is 1.10 bits per heavy atom. The largest absolute Gasteiger partial charge is 0.493 e. The molecule has 2 heterocycles. The number of aryl methyl sites for hydroxylation is 1. The van der Waals surface area contributed by atoms with Gasteiger partial charge in [-0.3, -0.25) is 9.20 Å². The van der Waals surface area contributed by atoms with Gasteiger partial charge in [0.2, 0.25) is 5.75 Å². The second-order valence-corrected chi connectivity index (χ2v) is 6.46. The van der Waals surface area contributed by atoms with Crippen molar-refractivity contribution in [2.75, 3.05) is 21.3 Å². The number of imidazole rings is 1. The Hall–Kier alpha value is -3.43. The number of ether oxygens (including phenoxy) is 3. The predicted octanol–water partition coefficient (Wildman–Crippen LogP) is 3.62. The van der Waals surface area contributed by atoms with Crippen LogP contribution in [0.3, 0.4) is 0 Å². The second kappa shape index (κ2) is 8.13. The van der Waals surface area contributed by atoms with Crippen LogP contribution in [0.5, 0.6) is 17.2 Å². The van der Waals surface area contributed by atoms with E-state index in [2.05, 4.69) is 10.3 Å². The van der Waals surface area contributed by atoms with Crippen LogP contribution in [0.25, 0.3) is 5.65 Å². The second-order valence-electron chi connectivity index (χ2n) is 6.46. The molecule has 0 saturated heterocycles. The fraction of sp³-hybridized carbons (Fsp3) is 0.300. The number of nitrogens with one attached hydrogen (secondary N) is 1. The van der Waals surface area contributed by atoms with Crippen molar-refractivity contribution in [1.29, 1.82) is 0 Å². The first-order valence-corrected chi connectivity index (χ1v) is 8.82. The zero-order chi connectivity index (χ0) is 22.1. The predicted molar refractivity (Wildman–Crippen MR) is 102 cm³/mol. The van der Waals surface area contributed by atoms with Crippen molar-refractivity contribution in [3.8, 4) is 17.2 Å². The standard InChI is InChI=1S/C20H20F3N3O4/c1-11-5-6-15-25-18(20(21,22)23)16(26(15)10-11)19(27)24-9-12-7-13(28-2)17(30-4)14(8-12)29-3/h5-8,10H,9H2,1-4H3,(H,24,27). The molecule has 10 heteroatoms. The topological polar surface area (TPSA) is 74.1 Å². The number of hydrogen-bond acceptors (Lipinski definition) is 5. The average molecular weight is 423 g/mol. The van der Waals surface area contributed by atoms with Gasteiger partial charge in [-0.25, -0.2) is 4.98 Å². The van der Waals surface area contributed by atoms with E-state index in [4.69, 9.17) is 14.2 Å². The molecular formula is C20H20F3N3O4. The van der Waals surface area contributed by atoms with Gasteiger partial charge < -0.3 is 19.5 Å². The Kier molecular flexibility index (Phi) is 5.77. The third-order valence-corrected chi connectivity index (χ3v) is 4.43. The minimum absolute atomic E-state index is 0.0332. The van der Waals surface area contributed by atoms with Crippen molar-refractivity contribution < 1.29 is 32.2 Å². The van der Waals surface area contributed by atoms with E-state index in [1.54, 1.807) is 25.1 Å². The normalized spacial score (nSPS) is 11.4. The summed E-state index contributed by atoms with van der Waals surface area (Å²) in [5, 5.41) is 2.51. The molecule has 0 aliphatic heterocycles. The Bertz CT molecular complexity index is 1070. The van der Waals surface area contributed by atoms with Gasteiger partial charge in [0.1, 0.15) is 11.3 Å². The van der Waals surface area contributed by atoms with Gasteiger partial charge in [-0.2, -0.15) is 13.2 Å². The monoisotopic (exact) mass is 423 g/mol. The Morgan fingerprint density at radius 2 is 1.73 bits per heavy atom. The molecule has 3 rings (SSSR count). The van der Waals surface area contributed by atoms with Crippen molar-refractivity contribution in [3.05, 3.63) is 53.0 Å². The maximum Gasteiger partial charge on any atom is 0.435 e. The number of benzene rings is 1. The molecule has 0 bridgehead atoms. The molecule has 0 saturated carbocycles. The van der Waals surface area contributed by atoms with Crippen molar-refractivity contribution >= 4 is 11.6 Å². The van der Waals surface area contributed by atoms with E-state index in [-0.39, 0.29) is 12.2 Å². The number of fused-ring (bicyclic) bond motifs is 1. The van der Waals surface area contributed by atoms with E-state index < -0.39 is 23.5 Å². The minimum Gasteiger partial charge on any atom is -0.493 e. The van der Waals surface area contributed by atoms with Gasteiger partial charge in [-0.05, 0) is 36.2 Å². The van der Waals surface area contributed by atoms with Crippen molar-refractivity contribution in [2.24, 2.45) is 0 Å². The summed E-state index contributed by atoms with van der Waals surface area (Å²) in [5.41, 5.74) is -0.543. The first-order chi connectivity index (χ1) is 14.2. The van der Waals surface area contributed by atoms with E-state index in [1.807, 2.05) is 0 Å². The Morgan fingerprint density at radius 3 is 2.27 bits per heavy atom. The highest BCUT2D eigenvalue weighted by Gasteiger charge is 2.40. The third-order valence-electron chi connectivity index (χ3n) is 4.43. The van der Waals surface area contributed by atoms with Crippen LogP contribution >= 0.6 is 0 Å². The summed E-state index contributed by atoms with van der Waals surface area (Å²) in [6, 6.07) is 6.26. The van der Waals surface area contributed by atoms with Crippen LogP contribution in [0.15, 0.2) is 30.5 Å². The maximum absolute atomic E-state index is 13.5. The van der Waals surface area contributed by atoms with E-state index in [0.717, 1.165) is 4.40 Å². The maximum atomic E-state index is 13.5. The molecule has 30 heavy (non-hydrogen) atoms. The molecule has 160 valence electrons. The van der Waals surface area contributed by atoms with Crippen molar-refractivity contribution in [2.45, 2.75) is 19.6 Å². The highest BCUT2D eigenvalue weighted by atomic mass is 19.4. The van der Waals surface area contributed by atoms with Gasteiger partial charge >= 0.3 is 6.18 Å². The number of halogens is 3. The van der Waals surface area contributed by atoms with E-state index >= 15 is 0 Å². The fourth-order valence-electron chi connectivity index (χ4n) is 3.07. The highest BCUT2D eigenvalue weighted by Crippen LogP contribution is 2.38. The molecule has 0 unspecified atom stereocenters. The summed E-state index contributed by atoms with van der Waals surface area (Å²) in [6.45, 7) is 1.65. The molecule has 0 aliphatic carbocycles. The van der Waals surface area contributed by atoms with Crippen LogP contribution in [-0.2, 0) is 12.7 Å². The van der Waals surface area contributed by atoms with Gasteiger partial charge in [0.15, 0.2) is 17.2 Å². The number of hydrogen-bond donors (Lipinski definition) is 1. The number of alkyl halides is 3. The Labute approximate surface area is 170 Å². The molecule has 1 amide bonds. The molecule has 1 N–H and O–H groups in total. The van der Waals surface area contributed by atoms with Crippen LogP contribution in [0.1, 0.15) is 27.3 Å². The number of amides is 1. The average Bonchev–Trinajstić information content (AvgIpc) is 3.10. The number of pyridine rings is 1. The molecule has 2 aromatic heterocycles. The smallest absolute Gasteiger partial charge is 0.435 e. The van der Waals surface area contributed by atoms with Crippen LogP contribution in [-0.4, -0.2) is 36.6 Å². The van der Waals surface area contributed by atoms with Crippen LogP contribution < -0.4 is 19.5 Å². The molecule has 0 atom stereocenters. The number of rotatable bonds is 6. The van der Waals surface area contributed by atoms with Gasteiger partial charge in [0, 0.05) is 12.7 Å². The molecule has 7 nitrogen and oxygen atoms in total. The summed E-state index contributed by atoms with van der Waals surface area (Å²) < 4.78 is 57.3. The number of nitrogens with zero attached hydrogens (tertiary/aromatic N) is 2. The molecule has 0 radical (unpaired) electrons. The first-order valence-electron chi connectivity index (χ1n) is 8.82. The quantitative estimate of drug-likeness (QED) is 0.656. The van der Waals surface area contributed by atoms with Gasteiger partial charge in [0.05, 0.1) is 21.3 Å². The molecule has 0 fully saturated rings. The fourth-order valence-corrected chi connectivity index (χ4v) is 3.07. The van der Waals surface area contributed by atoms with Crippen LogP contribution in [0.4, 0.5) is 13.2 Å². The van der Waals surface area contributed by atoms with E-state index in [1.165, 1.54) is 33.6 Å². The zero-order valence-electron chi connectivity index (χ0n) is 16.8. The van der Waals surface area contributed by atoms with E-state index in [0.29, 0.717) is 28.4 Å². The minimum atomic E-state index is -4.78. The summed E-state index contributed by atoms with van der Waals surface area (Å²) >= 11 is 0. The van der Waals surface area contributed by atoms with Gasteiger partial charge in [0.25, 0.3) is 5.91 Å². The molecule has 0 spiro atoms. The van der Waals surface area contributed by atoms with Crippen molar-refractivity contribution in [1.82, 2.24) is 14.7 Å². The van der Waals surface area contributed by atoms with Gasteiger partial charge in [-0.1, -0.05) is 6.07 Å². The lowest BCUT2D eigenvalue weighted by atomic mass is 10.1. The number of carbonyl (C=O) groups is 1. The first kappa shape index (κ1) is 21.3. The number of carbonyl (C=O) groups excluding carboxylic acids is 1. The van der Waals surface area contributed by atoms with E-state index in [9.17, 15) is 18.0 Å². The summed E-state index contributed by atoms with van der Waals surface area (Å²) in [7, 11) is 4.33. The summed E-state index contributed by atoms with van der Waals surface area (Å²) in [4.78, 5) is 16.3. The third kappa shape index (κ3) is 3.98. The van der Waals surface area contributed by atoms with Crippen molar-refractivity contribution in [3.63, 3.8) is 0 Å². The number of methoxy groups -OCH3 is 3. The molecular weight excluding hydrogens is 403 g/mol. The summed E-state index contributed by atoms with van der Waals surface area (Å²) in [5.74, 6) is 0.186. The van der Waals surface area contributed by atoms with Crippen LogP contribution in [0, 0.1) is 6.92 Å². The molecule has 1 aromatic carbocycles. The lowest BCUT2D eigenvalue weighted by Gasteiger charge is -2.15. The van der Waals surface area contributed by atoms with Crippen LogP contribution in [0.2, 0.25) is 0 Å². The Balaban J connectivity index is 1.96. The number of aromatic nitrogens is 2. The SMILES string of the molecule is COc1cc(CNC(=O)c2c(C(F)(F)F)nc3ccc(C)cn23)cc(OC)c1OC. The zero-order valence-corrected chi connectivity index (χ0v) is 16.8. The lowest BCUT2D eigenvalue weighted by molar-refractivity contribution is -0.141. The summed E-state index contributed by atoms with van der Waals surface area (Å²) in [6.07, 6.45) is -3.34. The molecule has 3 aromatic rings. The lowest BCUT2D eigenvalue weighted by Crippen LogP contribution is -2.27.